The predicted octanol–water partition coefficient (Wildman–Crippen LogP) is 2.30. The molecule has 0 aliphatic carbocycles. The molecule has 0 unspecified atom stereocenters. The van der Waals surface area contributed by atoms with E-state index in [1.807, 2.05) is 0 Å². The fourth-order valence-corrected chi connectivity index (χ4v) is 2.22. The van der Waals surface area contributed by atoms with E-state index in [2.05, 4.69) is 10.1 Å². The third kappa shape index (κ3) is 4.97. The fraction of sp³-hybridized carbons (Fsp3) is 0.167. The van der Waals surface area contributed by atoms with Crippen molar-refractivity contribution in [3.8, 4) is 0 Å². The number of hydrazone groups is 1. The molecule has 0 bridgehead atoms. The van der Waals surface area contributed by atoms with E-state index in [0.29, 0.717) is 17.7 Å². The molecule has 2 N–H and O–H groups in total. The fourth-order valence-electron chi connectivity index (χ4n) is 2.22. The molecule has 26 heavy (non-hydrogen) atoms. The van der Waals surface area contributed by atoms with Gasteiger partial charge in [-0.2, -0.15) is 5.10 Å². The van der Waals surface area contributed by atoms with Gasteiger partial charge in [0.2, 0.25) is 0 Å². The van der Waals surface area contributed by atoms with E-state index in [-0.39, 0.29) is 17.0 Å². The van der Waals surface area contributed by atoms with Crippen LogP contribution in [0.1, 0.15) is 43.1 Å². The highest BCUT2D eigenvalue weighted by Crippen LogP contribution is 2.10. The Kier molecular flexibility index (Phi) is 6.15. The molecule has 3 rings (SSSR count). The maximum absolute atomic E-state index is 11.6. The Hall–Kier alpha value is -3.55. The molecular formula is C18H17N3O5. The quantitative estimate of drug-likeness (QED) is 0.871. The van der Waals surface area contributed by atoms with E-state index in [9.17, 15) is 14.4 Å². The van der Waals surface area contributed by atoms with Gasteiger partial charge < -0.3 is 10.2 Å². The second-order valence-electron chi connectivity index (χ2n) is 5.45. The lowest BCUT2D eigenvalue weighted by molar-refractivity contribution is 0.0695. The molecule has 0 fully saturated rings. The lowest BCUT2D eigenvalue weighted by Crippen LogP contribution is -2.23. The smallest absolute Gasteiger partial charge is 0.335 e. The van der Waals surface area contributed by atoms with Crippen molar-refractivity contribution in [3.63, 3.8) is 0 Å². The van der Waals surface area contributed by atoms with Gasteiger partial charge in [-0.05, 0) is 42.8 Å². The van der Waals surface area contributed by atoms with Gasteiger partial charge in [0.25, 0.3) is 5.91 Å². The van der Waals surface area contributed by atoms with Gasteiger partial charge in [-0.1, -0.05) is 0 Å². The molecule has 1 aliphatic heterocycles. The van der Waals surface area contributed by atoms with Crippen molar-refractivity contribution in [2.75, 3.05) is 6.54 Å². The summed E-state index contributed by atoms with van der Waals surface area (Å²) in [7, 11) is 0. The highest BCUT2D eigenvalue weighted by atomic mass is 16.4. The van der Waals surface area contributed by atoms with Crippen LogP contribution in [0, 0.1) is 6.92 Å². The molecule has 8 nitrogen and oxygen atoms in total. The SMILES string of the molecule is Cc1cc(C(=O)O)cc(C(=O)O)c1.O=C(c1cccnc1)N1CCC=N1. The lowest BCUT2D eigenvalue weighted by atomic mass is 10.1. The highest BCUT2D eigenvalue weighted by Gasteiger charge is 2.16. The summed E-state index contributed by atoms with van der Waals surface area (Å²) in [5, 5.41) is 22.6. The van der Waals surface area contributed by atoms with Crippen LogP contribution >= 0.6 is 0 Å². The molecular weight excluding hydrogens is 338 g/mol. The third-order valence-corrected chi connectivity index (χ3v) is 3.41. The number of pyridine rings is 1. The summed E-state index contributed by atoms with van der Waals surface area (Å²) in [6.07, 6.45) is 5.78. The molecule has 2 aromatic rings. The molecule has 0 spiro atoms. The standard InChI is InChI=1S/C9H9N3O.C9H8O4/c13-9(12-6-2-5-11-12)8-3-1-4-10-7-8;1-5-2-6(8(10)11)4-7(3-5)9(12)13/h1,3-5,7H,2,6H2;2-4H,1H3,(H,10,11)(H,12,13). The second-order valence-corrected chi connectivity index (χ2v) is 5.45. The molecule has 1 aromatic carbocycles. The van der Waals surface area contributed by atoms with Crippen molar-refractivity contribution in [1.82, 2.24) is 9.99 Å². The topological polar surface area (TPSA) is 120 Å². The van der Waals surface area contributed by atoms with Crippen LogP contribution in [-0.2, 0) is 0 Å². The van der Waals surface area contributed by atoms with E-state index in [0.717, 1.165) is 12.5 Å². The zero-order valence-corrected chi connectivity index (χ0v) is 14.0. The van der Waals surface area contributed by atoms with Crippen molar-refractivity contribution >= 4 is 24.1 Å². The lowest BCUT2D eigenvalue weighted by Gasteiger charge is -2.10. The molecule has 1 aromatic heterocycles. The number of aromatic carboxylic acids is 2. The molecule has 1 aliphatic rings. The minimum Gasteiger partial charge on any atom is -0.478 e. The predicted molar refractivity (Wildman–Crippen MR) is 93.5 cm³/mol. The van der Waals surface area contributed by atoms with Crippen molar-refractivity contribution < 1.29 is 24.6 Å². The van der Waals surface area contributed by atoms with Gasteiger partial charge in [0.05, 0.1) is 16.7 Å². The third-order valence-electron chi connectivity index (χ3n) is 3.41. The zero-order valence-electron chi connectivity index (χ0n) is 14.0. The molecule has 0 saturated heterocycles. The molecule has 134 valence electrons. The number of carbonyl (C=O) groups is 3. The largest absolute Gasteiger partial charge is 0.478 e. The van der Waals surface area contributed by atoms with Gasteiger partial charge in [0.15, 0.2) is 0 Å². The van der Waals surface area contributed by atoms with Crippen LogP contribution in [-0.4, -0.2) is 50.8 Å². The molecule has 0 atom stereocenters. The van der Waals surface area contributed by atoms with Crippen LogP contribution in [0.4, 0.5) is 0 Å². The van der Waals surface area contributed by atoms with Crippen LogP contribution in [0.25, 0.3) is 0 Å². The van der Waals surface area contributed by atoms with E-state index in [1.165, 1.54) is 17.1 Å². The van der Waals surface area contributed by atoms with Crippen molar-refractivity contribution in [2.24, 2.45) is 5.10 Å². The first-order valence-corrected chi connectivity index (χ1v) is 7.71. The minimum absolute atomic E-state index is 0.00241. The molecule has 0 saturated carbocycles. The number of aryl methyl sites for hydroxylation is 1. The average molecular weight is 355 g/mol. The normalized spacial score (nSPS) is 12.3. The van der Waals surface area contributed by atoms with Crippen LogP contribution in [0.15, 0.2) is 47.8 Å². The van der Waals surface area contributed by atoms with Crippen molar-refractivity contribution in [2.45, 2.75) is 13.3 Å². The number of hydrogen-bond donors (Lipinski definition) is 2. The number of aromatic nitrogens is 1. The van der Waals surface area contributed by atoms with E-state index < -0.39 is 11.9 Å². The molecule has 1 amide bonds. The Morgan fingerprint density at radius 1 is 1.04 bits per heavy atom. The molecule has 2 heterocycles. The number of amides is 1. The first kappa shape index (κ1) is 18.8. The number of rotatable bonds is 3. The number of carbonyl (C=O) groups excluding carboxylic acids is 1. The summed E-state index contributed by atoms with van der Waals surface area (Å²) in [6, 6.07) is 7.47. The maximum Gasteiger partial charge on any atom is 0.335 e. The number of carboxylic acid groups (broad SMARTS) is 2. The van der Waals surface area contributed by atoms with Gasteiger partial charge in [0.1, 0.15) is 0 Å². The summed E-state index contributed by atoms with van der Waals surface area (Å²) in [5.41, 5.74) is 1.20. The summed E-state index contributed by atoms with van der Waals surface area (Å²) in [5.74, 6) is -2.32. The monoisotopic (exact) mass is 355 g/mol. The molecule has 0 radical (unpaired) electrons. The summed E-state index contributed by atoms with van der Waals surface area (Å²) < 4.78 is 0. The van der Waals surface area contributed by atoms with Gasteiger partial charge in [-0.3, -0.25) is 9.78 Å². The zero-order chi connectivity index (χ0) is 19.1. The Bertz CT molecular complexity index is 817. The summed E-state index contributed by atoms with van der Waals surface area (Å²) >= 11 is 0. The van der Waals surface area contributed by atoms with Crippen LogP contribution < -0.4 is 0 Å². The average Bonchev–Trinajstić information content (AvgIpc) is 3.16. The Morgan fingerprint density at radius 2 is 1.69 bits per heavy atom. The van der Waals surface area contributed by atoms with E-state index in [4.69, 9.17) is 10.2 Å². The maximum atomic E-state index is 11.6. The van der Waals surface area contributed by atoms with E-state index in [1.54, 1.807) is 37.7 Å². The number of nitrogens with zero attached hydrogens (tertiary/aromatic N) is 3. The number of hydrogen-bond acceptors (Lipinski definition) is 5. The Balaban J connectivity index is 0.000000187. The van der Waals surface area contributed by atoms with Crippen molar-refractivity contribution in [3.05, 3.63) is 65.0 Å². The Morgan fingerprint density at radius 3 is 2.15 bits per heavy atom. The van der Waals surface area contributed by atoms with Crippen LogP contribution in [0.2, 0.25) is 0 Å². The highest BCUT2D eigenvalue weighted by molar-refractivity contribution is 5.95. The minimum atomic E-state index is -1.12. The van der Waals surface area contributed by atoms with Crippen LogP contribution in [0.3, 0.4) is 0 Å². The summed E-state index contributed by atoms with van der Waals surface area (Å²) in [4.78, 5) is 36.6. The van der Waals surface area contributed by atoms with Gasteiger partial charge in [0, 0.05) is 31.6 Å². The summed E-state index contributed by atoms with van der Waals surface area (Å²) in [6.45, 7) is 2.33. The van der Waals surface area contributed by atoms with Gasteiger partial charge >= 0.3 is 11.9 Å². The Labute approximate surface area is 149 Å². The number of carboxylic acids is 2. The molecule has 8 heteroatoms. The first-order valence-electron chi connectivity index (χ1n) is 7.71. The van der Waals surface area contributed by atoms with Gasteiger partial charge in [-0.15, -0.1) is 0 Å². The number of benzene rings is 1. The second kappa shape index (κ2) is 8.52. The first-order chi connectivity index (χ1) is 12.4. The van der Waals surface area contributed by atoms with E-state index >= 15 is 0 Å². The van der Waals surface area contributed by atoms with Gasteiger partial charge in [-0.25, -0.2) is 14.6 Å². The van der Waals surface area contributed by atoms with Crippen LogP contribution in [0.5, 0.6) is 0 Å². The van der Waals surface area contributed by atoms with Crippen molar-refractivity contribution in [1.29, 1.82) is 0 Å².